The maximum absolute atomic E-state index is 10.9. The van der Waals surface area contributed by atoms with Crippen LogP contribution in [0.2, 0.25) is 0 Å². The molecule has 114 valence electrons. The van der Waals surface area contributed by atoms with E-state index in [1.165, 1.54) is 0 Å². The van der Waals surface area contributed by atoms with Crippen LogP contribution in [0.1, 0.15) is 30.6 Å². The van der Waals surface area contributed by atoms with Crippen LogP contribution in [0.15, 0.2) is 54.6 Å². The van der Waals surface area contributed by atoms with Crippen LogP contribution in [0.5, 0.6) is 0 Å². The van der Waals surface area contributed by atoms with E-state index in [-0.39, 0.29) is 11.7 Å². The molecule has 0 radical (unpaired) electrons. The van der Waals surface area contributed by atoms with Gasteiger partial charge in [0.1, 0.15) is 0 Å². The first-order valence-electron chi connectivity index (χ1n) is 7.11. The fourth-order valence-corrected chi connectivity index (χ4v) is 3.71. The first kappa shape index (κ1) is 16.7. The van der Waals surface area contributed by atoms with Crippen LogP contribution in [0.25, 0.3) is 11.1 Å². The van der Waals surface area contributed by atoms with Crippen LogP contribution in [0, 0.1) is 0 Å². The van der Waals surface area contributed by atoms with E-state index in [9.17, 15) is 4.79 Å². The van der Waals surface area contributed by atoms with Crippen molar-refractivity contribution in [2.45, 2.75) is 25.0 Å². The Morgan fingerprint density at radius 1 is 1.14 bits per heavy atom. The first-order chi connectivity index (χ1) is 10.6. The van der Waals surface area contributed by atoms with Gasteiger partial charge in [0.25, 0.3) is 0 Å². The molecule has 0 aromatic heterocycles. The van der Waals surface area contributed by atoms with Gasteiger partial charge in [-0.3, -0.25) is 4.79 Å². The molecule has 4 heteroatoms. The molecule has 1 unspecified atom stereocenters. The Kier molecular flexibility index (Phi) is 6.16. The van der Waals surface area contributed by atoms with Crippen molar-refractivity contribution in [3.05, 3.63) is 60.2 Å². The van der Waals surface area contributed by atoms with Crippen LogP contribution < -0.4 is 0 Å². The summed E-state index contributed by atoms with van der Waals surface area (Å²) in [6.45, 7) is 1.89. The van der Waals surface area contributed by atoms with Crippen molar-refractivity contribution in [2.24, 2.45) is 0 Å². The SMILES string of the molecule is CC(=S)SC(CCC(=O)O)c1ccccc1-c1ccccc1. The van der Waals surface area contributed by atoms with Gasteiger partial charge in [-0.15, -0.1) is 11.8 Å². The molecule has 0 fully saturated rings. The summed E-state index contributed by atoms with van der Waals surface area (Å²) >= 11 is 6.80. The Balaban J connectivity index is 2.38. The third kappa shape index (κ3) is 4.68. The van der Waals surface area contributed by atoms with Gasteiger partial charge in [-0.05, 0) is 30.0 Å². The summed E-state index contributed by atoms with van der Waals surface area (Å²) in [6, 6.07) is 18.3. The van der Waals surface area contributed by atoms with Crippen LogP contribution in [0.4, 0.5) is 0 Å². The van der Waals surface area contributed by atoms with Gasteiger partial charge < -0.3 is 5.11 Å². The van der Waals surface area contributed by atoms with E-state index in [4.69, 9.17) is 17.3 Å². The summed E-state index contributed by atoms with van der Waals surface area (Å²) in [4.78, 5) is 10.9. The molecule has 2 aromatic carbocycles. The van der Waals surface area contributed by atoms with Gasteiger partial charge in [0.2, 0.25) is 0 Å². The Morgan fingerprint density at radius 3 is 2.41 bits per heavy atom. The minimum absolute atomic E-state index is 0.0602. The first-order valence-corrected chi connectivity index (χ1v) is 8.40. The van der Waals surface area contributed by atoms with Gasteiger partial charge in [0.05, 0.1) is 0 Å². The molecular formula is C18H18O2S2. The molecule has 1 N–H and O–H groups in total. The second-order valence-electron chi connectivity index (χ2n) is 4.98. The average Bonchev–Trinajstić information content (AvgIpc) is 2.52. The molecule has 0 spiro atoms. The van der Waals surface area contributed by atoms with E-state index in [2.05, 4.69) is 24.3 Å². The third-order valence-electron chi connectivity index (χ3n) is 3.32. The number of thioether (sulfide) groups is 1. The minimum Gasteiger partial charge on any atom is -0.481 e. The summed E-state index contributed by atoms with van der Waals surface area (Å²) < 4.78 is 0.832. The number of thiocarbonyl (C=S) groups is 1. The lowest BCUT2D eigenvalue weighted by Crippen LogP contribution is -2.03. The Labute approximate surface area is 140 Å². The van der Waals surface area contributed by atoms with Crippen molar-refractivity contribution in [3.63, 3.8) is 0 Å². The number of carboxylic acids is 1. The number of hydrogen-bond acceptors (Lipinski definition) is 3. The highest BCUT2D eigenvalue weighted by molar-refractivity contribution is 8.23. The van der Waals surface area contributed by atoms with Crippen molar-refractivity contribution < 1.29 is 9.90 Å². The number of carbonyl (C=O) groups is 1. The topological polar surface area (TPSA) is 37.3 Å². The zero-order valence-corrected chi connectivity index (χ0v) is 14.0. The normalized spacial score (nSPS) is 11.9. The standard InChI is InChI=1S/C18H18O2S2/c1-13(21)22-17(11-12-18(19)20)16-10-6-5-9-15(16)14-7-3-2-4-8-14/h2-10,17H,11-12H2,1H3,(H,19,20). The van der Waals surface area contributed by atoms with Crippen LogP contribution in [-0.4, -0.2) is 15.3 Å². The monoisotopic (exact) mass is 330 g/mol. The molecular weight excluding hydrogens is 312 g/mol. The highest BCUT2D eigenvalue weighted by Gasteiger charge is 2.18. The lowest BCUT2D eigenvalue weighted by atomic mass is 9.96. The highest BCUT2D eigenvalue weighted by Crippen LogP contribution is 2.39. The zero-order valence-electron chi connectivity index (χ0n) is 12.4. The smallest absolute Gasteiger partial charge is 0.303 e. The molecule has 0 aliphatic rings. The Morgan fingerprint density at radius 2 is 1.77 bits per heavy atom. The van der Waals surface area contributed by atoms with Crippen LogP contribution in [0.3, 0.4) is 0 Å². The fourth-order valence-electron chi connectivity index (χ4n) is 2.39. The average molecular weight is 330 g/mol. The number of rotatable bonds is 6. The van der Waals surface area contributed by atoms with Crippen molar-refractivity contribution in [1.29, 1.82) is 0 Å². The Hall–Kier alpha value is -1.65. The maximum Gasteiger partial charge on any atom is 0.303 e. The molecule has 22 heavy (non-hydrogen) atoms. The second kappa shape index (κ2) is 8.11. The van der Waals surface area contributed by atoms with E-state index in [1.807, 2.05) is 37.3 Å². The zero-order chi connectivity index (χ0) is 15.9. The lowest BCUT2D eigenvalue weighted by molar-refractivity contribution is -0.137. The number of carboxylic acid groups (broad SMARTS) is 1. The fraction of sp³-hybridized carbons (Fsp3) is 0.222. The summed E-state index contributed by atoms with van der Waals surface area (Å²) in [7, 11) is 0. The summed E-state index contributed by atoms with van der Waals surface area (Å²) in [5, 5.41) is 9.05. The molecule has 2 nitrogen and oxygen atoms in total. The van der Waals surface area contributed by atoms with E-state index in [0.717, 1.165) is 20.9 Å². The molecule has 0 saturated carbocycles. The van der Waals surface area contributed by atoms with Gasteiger partial charge >= 0.3 is 5.97 Å². The van der Waals surface area contributed by atoms with E-state index in [1.54, 1.807) is 11.8 Å². The second-order valence-corrected chi connectivity index (χ2v) is 7.27. The quantitative estimate of drug-likeness (QED) is 0.725. The molecule has 0 saturated heterocycles. The number of hydrogen-bond donors (Lipinski definition) is 1. The number of aliphatic carboxylic acids is 1. The van der Waals surface area contributed by atoms with Crippen LogP contribution >= 0.6 is 24.0 Å². The van der Waals surface area contributed by atoms with E-state index >= 15 is 0 Å². The summed E-state index contributed by atoms with van der Waals surface area (Å²) in [5.74, 6) is -0.773. The highest BCUT2D eigenvalue weighted by atomic mass is 32.2. The largest absolute Gasteiger partial charge is 0.481 e. The maximum atomic E-state index is 10.9. The molecule has 0 amide bonds. The van der Waals surface area contributed by atoms with Gasteiger partial charge in [0, 0.05) is 15.9 Å². The molecule has 0 heterocycles. The van der Waals surface area contributed by atoms with E-state index < -0.39 is 5.97 Å². The summed E-state index contributed by atoms with van der Waals surface area (Å²) in [5.41, 5.74) is 3.42. The van der Waals surface area contributed by atoms with E-state index in [0.29, 0.717) is 6.42 Å². The van der Waals surface area contributed by atoms with Gasteiger partial charge in [-0.25, -0.2) is 0 Å². The predicted octanol–water partition coefficient (Wildman–Crippen LogP) is 5.34. The molecule has 2 aromatic rings. The van der Waals surface area contributed by atoms with Crippen molar-refractivity contribution in [2.75, 3.05) is 0 Å². The molecule has 2 rings (SSSR count). The third-order valence-corrected chi connectivity index (χ3v) is 4.72. The predicted molar refractivity (Wildman–Crippen MR) is 97.4 cm³/mol. The lowest BCUT2D eigenvalue weighted by Gasteiger charge is -2.19. The van der Waals surface area contributed by atoms with Crippen LogP contribution in [-0.2, 0) is 4.79 Å². The van der Waals surface area contributed by atoms with Crippen molar-refractivity contribution >= 4 is 34.1 Å². The van der Waals surface area contributed by atoms with Crippen molar-refractivity contribution in [3.8, 4) is 11.1 Å². The molecule has 0 aliphatic heterocycles. The molecule has 1 atom stereocenters. The minimum atomic E-state index is -0.773. The molecule has 0 aliphatic carbocycles. The van der Waals surface area contributed by atoms with Gasteiger partial charge in [-0.1, -0.05) is 66.8 Å². The molecule has 0 bridgehead atoms. The Bertz CT molecular complexity index is 653. The number of benzene rings is 2. The van der Waals surface area contributed by atoms with Gasteiger partial charge in [-0.2, -0.15) is 0 Å². The van der Waals surface area contributed by atoms with Crippen molar-refractivity contribution in [1.82, 2.24) is 0 Å². The van der Waals surface area contributed by atoms with Gasteiger partial charge in [0.15, 0.2) is 0 Å². The summed E-state index contributed by atoms with van der Waals surface area (Å²) in [6.07, 6.45) is 0.710.